The van der Waals surface area contributed by atoms with E-state index in [-0.39, 0.29) is 43.8 Å². The molecule has 1 aromatic heterocycles. The van der Waals surface area contributed by atoms with E-state index in [9.17, 15) is 27.6 Å². The Morgan fingerprint density at radius 1 is 1.08 bits per heavy atom. The summed E-state index contributed by atoms with van der Waals surface area (Å²) in [6.07, 6.45) is 0.930. The SMILES string of the molecule is COC(=O)CCc1c(C(=O)OC(C)(C)C)[nH]c(/C(CNS(C)(=O)=O)=C2\NC(=O)C[C@]2(C)CC(=O)OC)c1C. The van der Waals surface area contributed by atoms with Crippen LogP contribution in [-0.4, -0.2) is 69.8 Å². The van der Waals surface area contributed by atoms with Gasteiger partial charge in [-0.3, -0.25) is 14.4 Å². The molecule has 212 valence electrons. The van der Waals surface area contributed by atoms with Gasteiger partial charge in [-0.25, -0.2) is 17.9 Å². The zero-order valence-corrected chi connectivity index (χ0v) is 23.9. The maximum atomic E-state index is 13.2. The van der Waals surface area contributed by atoms with E-state index in [4.69, 9.17) is 14.2 Å². The zero-order chi connectivity index (χ0) is 29.1. The number of sulfonamides is 1. The number of nitrogens with one attached hydrogen (secondary N) is 3. The van der Waals surface area contributed by atoms with Crippen molar-refractivity contribution in [1.29, 1.82) is 0 Å². The maximum Gasteiger partial charge on any atom is 0.355 e. The van der Waals surface area contributed by atoms with Gasteiger partial charge in [0, 0.05) is 41.8 Å². The van der Waals surface area contributed by atoms with Crippen LogP contribution in [0.4, 0.5) is 0 Å². The van der Waals surface area contributed by atoms with Crippen molar-refractivity contribution in [3.8, 4) is 0 Å². The van der Waals surface area contributed by atoms with Gasteiger partial charge in [-0.15, -0.1) is 0 Å². The van der Waals surface area contributed by atoms with Crippen LogP contribution in [0.25, 0.3) is 5.57 Å². The minimum Gasteiger partial charge on any atom is -0.469 e. The highest BCUT2D eigenvalue weighted by Crippen LogP contribution is 2.43. The van der Waals surface area contributed by atoms with E-state index >= 15 is 0 Å². The summed E-state index contributed by atoms with van der Waals surface area (Å²) in [4.78, 5) is 52.9. The van der Waals surface area contributed by atoms with Gasteiger partial charge in [0.2, 0.25) is 15.9 Å². The lowest BCUT2D eigenvalue weighted by atomic mass is 9.80. The zero-order valence-electron chi connectivity index (χ0n) is 23.1. The molecule has 1 fully saturated rings. The second-order valence-corrected chi connectivity index (χ2v) is 12.4. The van der Waals surface area contributed by atoms with E-state index in [1.54, 1.807) is 34.6 Å². The van der Waals surface area contributed by atoms with Gasteiger partial charge in [0.15, 0.2) is 0 Å². The van der Waals surface area contributed by atoms with Crippen LogP contribution in [0, 0.1) is 12.3 Å². The number of allylic oxidation sites excluding steroid dienone is 1. The molecule has 3 N–H and O–H groups in total. The third-order valence-corrected chi connectivity index (χ3v) is 6.75. The first-order chi connectivity index (χ1) is 17.4. The lowest BCUT2D eigenvalue weighted by Crippen LogP contribution is -2.30. The van der Waals surface area contributed by atoms with E-state index in [1.165, 1.54) is 14.2 Å². The molecule has 1 aliphatic rings. The Hall–Kier alpha value is -3.19. The van der Waals surface area contributed by atoms with Crippen LogP contribution >= 0.6 is 0 Å². The molecule has 1 amide bonds. The molecule has 0 aromatic carbocycles. The van der Waals surface area contributed by atoms with E-state index in [0.29, 0.717) is 28.1 Å². The first kappa shape index (κ1) is 31.0. The van der Waals surface area contributed by atoms with Crippen molar-refractivity contribution < 1.29 is 41.8 Å². The lowest BCUT2D eigenvalue weighted by molar-refractivity contribution is -0.143. The van der Waals surface area contributed by atoms with Crippen molar-refractivity contribution in [1.82, 2.24) is 15.0 Å². The smallest absolute Gasteiger partial charge is 0.355 e. The molecule has 1 aliphatic heterocycles. The quantitative estimate of drug-likeness (QED) is 0.287. The molecule has 2 heterocycles. The Labute approximate surface area is 222 Å². The lowest BCUT2D eigenvalue weighted by Gasteiger charge is -2.26. The standard InChI is InChI=1S/C25H37N3O9S/c1-14-15(9-10-18(30)35-6)21(23(32)37-24(2,3)4)28-20(14)16(13-26-38(8,33)34)22-25(5,11-17(29)27-22)12-19(31)36-7/h26,28H,9-13H2,1-8H3,(H,27,29)/b22-16-/t25-/m1/s1. The minimum absolute atomic E-state index is 0.0191. The fourth-order valence-electron chi connectivity index (χ4n) is 4.34. The summed E-state index contributed by atoms with van der Waals surface area (Å²) in [7, 11) is -1.17. The molecular weight excluding hydrogens is 518 g/mol. The molecule has 0 saturated carbocycles. The number of aromatic amines is 1. The van der Waals surface area contributed by atoms with Crippen LogP contribution in [0.15, 0.2) is 5.70 Å². The van der Waals surface area contributed by atoms with Crippen molar-refractivity contribution in [3.05, 3.63) is 28.2 Å². The van der Waals surface area contributed by atoms with Gasteiger partial charge >= 0.3 is 17.9 Å². The minimum atomic E-state index is -3.67. The van der Waals surface area contributed by atoms with E-state index in [1.807, 2.05) is 0 Å². The number of methoxy groups -OCH3 is 2. The maximum absolute atomic E-state index is 13.2. The Morgan fingerprint density at radius 2 is 1.68 bits per heavy atom. The van der Waals surface area contributed by atoms with Gasteiger partial charge in [0.05, 0.1) is 26.9 Å². The molecule has 0 unspecified atom stereocenters. The largest absolute Gasteiger partial charge is 0.469 e. The summed E-state index contributed by atoms with van der Waals surface area (Å²) in [6, 6.07) is 0. The Morgan fingerprint density at radius 3 is 2.21 bits per heavy atom. The van der Waals surface area contributed by atoms with Gasteiger partial charge in [-0.05, 0) is 45.2 Å². The molecular formula is C25H37N3O9S. The first-order valence-electron chi connectivity index (χ1n) is 12.0. The molecule has 1 saturated heterocycles. The van der Waals surface area contributed by atoms with Crippen molar-refractivity contribution in [3.63, 3.8) is 0 Å². The number of carbonyl (C=O) groups is 4. The number of hydrogen-bond acceptors (Lipinski definition) is 9. The van der Waals surface area contributed by atoms with Crippen LogP contribution in [0.3, 0.4) is 0 Å². The van der Waals surface area contributed by atoms with Crippen LogP contribution < -0.4 is 10.0 Å². The highest BCUT2D eigenvalue weighted by Gasteiger charge is 2.43. The second kappa shape index (κ2) is 11.7. The molecule has 1 aromatic rings. The second-order valence-electron chi connectivity index (χ2n) is 10.5. The van der Waals surface area contributed by atoms with Crippen LogP contribution in [0.1, 0.15) is 74.3 Å². The van der Waals surface area contributed by atoms with E-state index < -0.39 is 38.9 Å². The summed E-state index contributed by atoms with van der Waals surface area (Å²) < 4.78 is 41.6. The Balaban J connectivity index is 2.80. The monoisotopic (exact) mass is 555 g/mol. The van der Waals surface area contributed by atoms with Gasteiger partial charge in [-0.1, -0.05) is 6.92 Å². The fourth-order valence-corrected chi connectivity index (χ4v) is 4.75. The average molecular weight is 556 g/mol. The Bertz CT molecular complexity index is 1260. The van der Waals surface area contributed by atoms with Crippen molar-refractivity contribution >= 4 is 39.4 Å². The summed E-state index contributed by atoms with van der Waals surface area (Å²) in [5.74, 6) is -2.05. The van der Waals surface area contributed by atoms with Crippen LogP contribution in [0.2, 0.25) is 0 Å². The number of hydrogen-bond donors (Lipinski definition) is 3. The van der Waals surface area contributed by atoms with Gasteiger partial charge < -0.3 is 24.5 Å². The van der Waals surface area contributed by atoms with Crippen molar-refractivity contribution in [2.45, 2.75) is 65.9 Å². The number of H-pyrrole nitrogens is 1. The summed E-state index contributed by atoms with van der Waals surface area (Å²) in [6.45, 7) is 8.30. The van der Waals surface area contributed by atoms with Crippen molar-refractivity contribution in [2.75, 3.05) is 27.0 Å². The third-order valence-electron chi connectivity index (χ3n) is 6.08. The fraction of sp³-hybridized carbons (Fsp3) is 0.600. The molecule has 0 aliphatic carbocycles. The summed E-state index contributed by atoms with van der Waals surface area (Å²) in [5, 5.41) is 2.78. The molecule has 38 heavy (non-hydrogen) atoms. The molecule has 1 atom stereocenters. The molecule has 13 heteroatoms. The first-order valence-corrected chi connectivity index (χ1v) is 13.9. The van der Waals surface area contributed by atoms with Crippen LogP contribution in [-0.2, 0) is 45.0 Å². The average Bonchev–Trinajstić information content (AvgIpc) is 3.26. The number of esters is 3. The predicted octanol–water partition coefficient (Wildman–Crippen LogP) is 1.73. The number of amides is 1. The van der Waals surface area contributed by atoms with Crippen molar-refractivity contribution in [2.24, 2.45) is 5.41 Å². The Kier molecular flexibility index (Phi) is 9.54. The molecule has 0 spiro atoms. The topological polar surface area (TPSA) is 170 Å². The van der Waals surface area contributed by atoms with Gasteiger partial charge in [0.1, 0.15) is 11.3 Å². The summed E-state index contributed by atoms with van der Waals surface area (Å²) >= 11 is 0. The normalized spacial score (nSPS) is 19.1. The number of rotatable bonds is 10. The summed E-state index contributed by atoms with van der Waals surface area (Å²) in [5.41, 5.74) is 0.290. The highest BCUT2D eigenvalue weighted by molar-refractivity contribution is 7.88. The van der Waals surface area contributed by atoms with E-state index in [0.717, 1.165) is 6.26 Å². The number of ether oxygens (including phenoxy) is 3. The molecule has 0 radical (unpaired) electrons. The third kappa shape index (κ3) is 7.90. The van der Waals surface area contributed by atoms with Gasteiger partial charge in [-0.2, -0.15) is 0 Å². The molecule has 12 nitrogen and oxygen atoms in total. The van der Waals surface area contributed by atoms with Gasteiger partial charge in [0.25, 0.3) is 0 Å². The van der Waals surface area contributed by atoms with Crippen LogP contribution in [0.5, 0.6) is 0 Å². The number of aromatic nitrogens is 1. The highest BCUT2D eigenvalue weighted by atomic mass is 32.2. The van der Waals surface area contributed by atoms with E-state index in [2.05, 4.69) is 15.0 Å². The molecule has 0 bridgehead atoms. The predicted molar refractivity (Wildman–Crippen MR) is 138 cm³/mol. The molecule has 2 rings (SSSR count). The number of carbonyl (C=O) groups excluding carboxylic acids is 4.